The zero-order chi connectivity index (χ0) is 26.5. The number of aryl methyl sites for hydroxylation is 1. The van der Waals surface area contributed by atoms with Crippen molar-refractivity contribution >= 4 is 43.5 Å². The minimum atomic E-state index is -4.83. The topological polar surface area (TPSA) is 196 Å². The smallest absolute Gasteiger partial charge is 0.340 e. The molecule has 13 nitrogen and oxygen atoms in total. The standard InChI is InChI=1S/C21H25ClN4O9P2/c22-17-7-15(24-14-6-5-11-3-1-2-4-12(11)14)13-8-23-26(20(13)25-17)21-19(28)18(27)16(35-21)9-34-37(32,33)10-36(29,30)31/h1-4,7-8,14,16,18-19,21,27-28H,5-6,9-10H2,(H,24,25)(H,32,33)(H2,29,30,31)/t14-,16+,18+,19+,21+/m0/s1. The molecule has 2 aliphatic rings. The SMILES string of the molecule is O=P(O)(O)CP(=O)(O)OC[C@H]1O[C@@H](n2ncc3c(N[C@H]4CCc5ccccc54)cc(Cl)nc32)[C@H](O)[C@@H]1O. The highest BCUT2D eigenvalue weighted by Gasteiger charge is 2.46. The Morgan fingerprint density at radius 1 is 1.19 bits per heavy atom. The van der Waals surface area contributed by atoms with Crippen molar-refractivity contribution in [2.24, 2.45) is 0 Å². The molecule has 3 heterocycles. The van der Waals surface area contributed by atoms with Crippen LogP contribution in [0.1, 0.15) is 29.8 Å². The van der Waals surface area contributed by atoms with E-state index < -0.39 is 52.2 Å². The lowest BCUT2D eigenvalue weighted by Gasteiger charge is -2.18. The van der Waals surface area contributed by atoms with Gasteiger partial charge in [-0.05, 0) is 30.0 Å². The highest BCUT2D eigenvalue weighted by Crippen LogP contribution is 2.55. The number of aliphatic hydroxyl groups is 2. The van der Waals surface area contributed by atoms with Crippen molar-refractivity contribution in [2.75, 3.05) is 17.8 Å². The van der Waals surface area contributed by atoms with Gasteiger partial charge in [-0.2, -0.15) is 5.10 Å². The third-order valence-corrected chi connectivity index (χ3v) is 10.0. The minimum absolute atomic E-state index is 0.0557. The summed E-state index contributed by atoms with van der Waals surface area (Å²) < 4.78 is 34.7. The van der Waals surface area contributed by atoms with Crippen LogP contribution in [-0.4, -0.2) is 70.5 Å². The normalized spacial score (nSPS) is 27.4. The van der Waals surface area contributed by atoms with Gasteiger partial charge in [0.15, 0.2) is 17.8 Å². The van der Waals surface area contributed by atoms with E-state index in [9.17, 15) is 24.2 Å². The Hall–Kier alpha value is -1.89. The van der Waals surface area contributed by atoms with Crippen LogP contribution in [-0.2, 0) is 24.8 Å². The van der Waals surface area contributed by atoms with E-state index in [1.165, 1.54) is 22.0 Å². The van der Waals surface area contributed by atoms with Gasteiger partial charge in [0.25, 0.3) is 0 Å². The van der Waals surface area contributed by atoms with E-state index in [2.05, 4.69) is 27.5 Å². The predicted molar refractivity (Wildman–Crippen MR) is 132 cm³/mol. The van der Waals surface area contributed by atoms with Gasteiger partial charge in [-0.15, -0.1) is 0 Å². The average molecular weight is 575 g/mol. The van der Waals surface area contributed by atoms with Gasteiger partial charge in [0.05, 0.1) is 29.9 Å². The van der Waals surface area contributed by atoms with Crippen molar-refractivity contribution in [1.82, 2.24) is 14.8 Å². The zero-order valence-corrected chi connectivity index (χ0v) is 21.7. The monoisotopic (exact) mass is 574 g/mol. The molecular weight excluding hydrogens is 550 g/mol. The fourth-order valence-corrected chi connectivity index (χ4v) is 7.48. The Morgan fingerprint density at radius 2 is 1.95 bits per heavy atom. The van der Waals surface area contributed by atoms with Crippen molar-refractivity contribution in [3.05, 3.63) is 52.8 Å². The summed E-state index contributed by atoms with van der Waals surface area (Å²) in [5.74, 6) is -1.39. The molecule has 2 aromatic heterocycles. The molecule has 1 unspecified atom stereocenters. The van der Waals surface area contributed by atoms with Crippen LogP contribution in [0.3, 0.4) is 0 Å². The first-order valence-electron chi connectivity index (χ1n) is 11.3. The molecule has 3 aromatic rings. The lowest BCUT2D eigenvalue weighted by atomic mass is 10.1. The molecule has 16 heteroatoms. The van der Waals surface area contributed by atoms with Crippen LogP contribution in [0.2, 0.25) is 5.15 Å². The van der Waals surface area contributed by atoms with Crippen molar-refractivity contribution in [3.8, 4) is 0 Å². The molecule has 5 rings (SSSR count). The number of nitrogens with zero attached hydrogens (tertiary/aromatic N) is 3. The molecule has 0 spiro atoms. The molecule has 1 aliphatic heterocycles. The van der Waals surface area contributed by atoms with Gasteiger partial charge < -0.3 is 39.5 Å². The summed E-state index contributed by atoms with van der Waals surface area (Å²) in [5, 5.41) is 29.6. The van der Waals surface area contributed by atoms with E-state index >= 15 is 0 Å². The molecule has 1 aromatic carbocycles. The van der Waals surface area contributed by atoms with Crippen molar-refractivity contribution < 1.29 is 43.3 Å². The van der Waals surface area contributed by atoms with E-state index in [1.54, 1.807) is 6.07 Å². The lowest BCUT2D eigenvalue weighted by molar-refractivity contribution is -0.0541. The minimum Gasteiger partial charge on any atom is -0.387 e. The van der Waals surface area contributed by atoms with Crippen LogP contribution in [0.15, 0.2) is 36.5 Å². The van der Waals surface area contributed by atoms with E-state index in [-0.39, 0.29) is 16.8 Å². The molecule has 37 heavy (non-hydrogen) atoms. The lowest BCUT2D eigenvalue weighted by Crippen LogP contribution is -2.33. The van der Waals surface area contributed by atoms with E-state index in [0.29, 0.717) is 11.1 Å². The fourth-order valence-electron chi connectivity index (χ4n) is 4.72. The number of rotatable bonds is 8. The predicted octanol–water partition coefficient (Wildman–Crippen LogP) is 2.14. The average Bonchev–Trinajstić information content (AvgIpc) is 3.48. The van der Waals surface area contributed by atoms with Gasteiger partial charge in [0.1, 0.15) is 23.5 Å². The molecule has 6 N–H and O–H groups in total. The van der Waals surface area contributed by atoms with E-state index in [4.69, 9.17) is 30.6 Å². The fraction of sp³-hybridized carbons (Fsp3) is 0.429. The number of hydrogen-bond donors (Lipinski definition) is 6. The number of halogens is 1. The number of fused-ring (bicyclic) bond motifs is 2. The number of ether oxygens (including phenoxy) is 1. The van der Waals surface area contributed by atoms with Crippen LogP contribution >= 0.6 is 26.8 Å². The van der Waals surface area contributed by atoms with E-state index in [1.807, 2.05) is 12.1 Å². The number of aromatic nitrogens is 3. The Bertz CT molecular complexity index is 1420. The van der Waals surface area contributed by atoms with Gasteiger partial charge in [-0.25, -0.2) is 9.67 Å². The second-order valence-corrected chi connectivity index (χ2v) is 13.4. The first-order valence-corrected chi connectivity index (χ1v) is 15.3. The third-order valence-electron chi connectivity index (χ3n) is 6.38. The maximum Gasteiger partial charge on any atom is 0.340 e. The summed E-state index contributed by atoms with van der Waals surface area (Å²) in [4.78, 5) is 31.9. The number of pyridine rings is 1. The van der Waals surface area contributed by atoms with Gasteiger partial charge in [0, 0.05) is 0 Å². The van der Waals surface area contributed by atoms with Gasteiger partial charge in [-0.3, -0.25) is 9.13 Å². The van der Waals surface area contributed by atoms with Gasteiger partial charge >= 0.3 is 15.2 Å². The molecule has 0 saturated carbocycles. The summed E-state index contributed by atoms with van der Waals surface area (Å²) in [7, 11) is -9.50. The Labute approximate surface area is 215 Å². The molecule has 0 amide bonds. The van der Waals surface area contributed by atoms with Gasteiger partial charge in [0.2, 0.25) is 0 Å². The van der Waals surface area contributed by atoms with Crippen LogP contribution in [0, 0.1) is 0 Å². The number of anilines is 1. The highest BCUT2D eigenvalue weighted by molar-refractivity contribution is 7.70. The largest absolute Gasteiger partial charge is 0.387 e. The molecule has 0 radical (unpaired) electrons. The molecule has 200 valence electrons. The number of hydrogen-bond acceptors (Lipinski definition) is 9. The first kappa shape index (κ1) is 26.7. The summed E-state index contributed by atoms with van der Waals surface area (Å²) in [6.07, 6.45) is -2.25. The third kappa shape index (κ3) is 5.62. The Morgan fingerprint density at radius 3 is 2.70 bits per heavy atom. The molecule has 1 saturated heterocycles. The summed E-state index contributed by atoms with van der Waals surface area (Å²) >= 11 is 6.30. The second-order valence-electron chi connectivity index (χ2n) is 9.04. The van der Waals surface area contributed by atoms with Crippen molar-refractivity contribution in [2.45, 2.75) is 43.4 Å². The van der Waals surface area contributed by atoms with Crippen LogP contribution in [0.4, 0.5) is 5.69 Å². The first-order chi connectivity index (χ1) is 17.4. The molecule has 1 fully saturated rings. The number of nitrogens with one attached hydrogen (secondary N) is 1. The maximum atomic E-state index is 11.9. The van der Waals surface area contributed by atoms with Gasteiger partial charge in [-0.1, -0.05) is 35.9 Å². The quantitative estimate of drug-likeness (QED) is 0.170. The summed E-state index contributed by atoms with van der Waals surface area (Å²) in [6.45, 7) is -0.705. The molecule has 6 atom stereocenters. The Kier molecular flexibility index (Phi) is 7.23. The molecular formula is C21H25ClN4O9P2. The Balaban J connectivity index is 1.37. The highest BCUT2D eigenvalue weighted by atomic mass is 35.5. The molecule has 0 bridgehead atoms. The number of aliphatic hydroxyl groups excluding tert-OH is 2. The number of benzene rings is 1. The molecule has 1 aliphatic carbocycles. The maximum absolute atomic E-state index is 11.9. The van der Waals surface area contributed by atoms with Crippen LogP contribution in [0.25, 0.3) is 11.0 Å². The van der Waals surface area contributed by atoms with E-state index in [0.717, 1.165) is 12.8 Å². The van der Waals surface area contributed by atoms with Crippen LogP contribution < -0.4 is 5.32 Å². The van der Waals surface area contributed by atoms with Crippen molar-refractivity contribution in [3.63, 3.8) is 0 Å². The zero-order valence-electron chi connectivity index (χ0n) is 19.2. The van der Waals surface area contributed by atoms with Crippen LogP contribution in [0.5, 0.6) is 0 Å². The second kappa shape index (κ2) is 10.0. The summed E-state index contributed by atoms with van der Waals surface area (Å²) in [6, 6.07) is 9.88. The van der Waals surface area contributed by atoms with Crippen molar-refractivity contribution in [1.29, 1.82) is 0 Å². The summed E-state index contributed by atoms with van der Waals surface area (Å²) in [5.41, 5.74) is 3.41.